The summed E-state index contributed by atoms with van der Waals surface area (Å²) < 4.78 is 6.59. The molecule has 2 aliphatic rings. The first-order chi connectivity index (χ1) is 15.5. The minimum Gasteiger partial charge on any atom is -0.480 e. The number of para-hydroxylation sites is 1. The van der Waals surface area contributed by atoms with E-state index in [2.05, 4.69) is 37.4 Å². The fourth-order valence-corrected chi connectivity index (χ4v) is 4.66. The van der Waals surface area contributed by atoms with Gasteiger partial charge in [0.25, 0.3) is 0 Å². The molecule has 0 saturated heterocycles. The monoisotopic (exact) mass is 421 g/mol. The van der Waals surface area contributed by atoms with Crippen molar-refractivity contribution in [2.45, 2.75) is 32.8 Å². The van der Waals surface area contributed by atoms with Crippen LogP contribution in [0.15, 0.2) is 96.2 Å². The summed E-state index contributed by atoms with van der Waals surface area (Å²) in [4.78, 5) is 13.6. The van der Waals surface area contributed by atoms with Crippen molar-refractivity contribution in [2.75, 3.05) is 5.32 Å². The average Bonchev–Trinajstić information content (AvgIpc) is 2.79. The number of allylic oxidation sites excluding steroid dienone is 1. The Morgan fingerprint density at radius 2 is 1.50 bits per heavy atom. The molecule has 3 aromatic carbocycles. The van der Waals surface area contributed by atoms with Crippen LogP contribution in [0.4, 0.5) is 5.69 Å². The van der Waals surface area contributed by atoms with Gasteiger partial charge in [-0.2, -0.15) is 0 Å². The van der Waals surface area contributed by atoms with Gasteiger partial charge in [0.15, 0.2) is 11.9 Å². The van der Waals surface area contributed by atoms with Crippen molar-refractivity contribution in [1.82, 2.24) is 0 Å². The van der Waals surface area contributed by atoms with Crippen LogP contribution >= 0.6 is 0 Å². The standard InChI is InChI=1S/C29H27NO2/c1-29(2)18-24(30-22-14-7-4-8-15-22)27(25(31)19-29)28-23-16-10-9-13-21(23)17-26(32-28)20-11-5-3-6-12-20/h3-17,28,30H,18-19H2,1-2H3. The summed E-state index contributed by atoms with van der Waals surface area (Å²) in [6.07, 6.45) is 2.93. The van der Waals surface area contributed by atoms with E-state index in [9.17, 15) is 4.79 Å². The zero-order valence-corrected chi connectivity index (χ0v) is 18.5. The van der Waals surface area contributed by atoms with Gasteiger partial charge in [-0.05, 0) is 35.6 Å². The molecule has 1 atom stereocenters. The molecule has 0 radical (unpaired) electrons. The van der Waals surface area contributed by atoms with Crippen LogP contribution in [0.25, 0.3) is 11.8 Å². The number of nitrogens with one attached hydrogen (secondary N) is 1. The van der Waals surface area contributed by atoms with Gasteiger partial charge >= 0.3 is 0 Å². The van der Waals surface area contributed by atoms with Gasteiger partial charge in [0.1, 0.15) is 5.76 Å². The van der Waals surface area contributed by atoms with Crippen LogP contribution < -0.4 is 5.32 Å². The number of ketones is 1. The summed E-state index contributed by atoms with van der Waals surface area (Å²) in [5, 5.41) is 3.56. The lowest BCUT2D eigenvalue weighted by Crippen LogP contribution is -2.32. The summed E-state index contributed by atoms with van der Waals surface area (Å²) in [5.41, 5.74) is 5.69. The van der Waals surface area contributed by atoms with Gasteiger partial charge in [0, 0.05) is 28.9 Å². The van der Waals surface area contributed by atoms with Crippen LogP contribution in [0.2, 0.25) is 0 Å². The molecular formula is C29H27NO2. The SMILES string of the molecule is CC1(C)CC(=O)C(C2OC(c3ccccc3)=Cc3ccccc32)=C(Nc2ccccc2)C1. The molecule has 0 bridgehead atoms. The van der Waals surface area contributed by atoms with Gasteiger partial charge in [-0.15, -0.1) is 0 Å². The minimum atomic E-state index is -0.443. The quantitative estimate of drug-likeness (QED) is 0.492. The summed E-state index contributed by atoms with van der Waals surface area (Å²) in [7, 11) is 0. The second kappa shape index (κ2) is 8.16. The van der Waals surface area contributed by atoms with Crippen LogP contribution in [0.1, 0.15) is 49.5 Å². The normalized spacial score (nSPS) is 19.6. The Kier molecular flexibility index (Phi) is 5.18. The summed E-state index contributed by atoms with van der Waals surface area (Å²) in [5.74, 6) is 0.937. The first-order valence-electron chi connectivity index (χ1n) is 11.1. The topological polar surface area (TPSA) is 38.3 Å². The second-order valence-corrected chi connectivity index (χ2v) is 9.33. The molecular weight excluding hydrogens is 394 g/mol. The molecule has 1 aliphatic carbocycles. The molecule has 3 aromatic rings. The first-order valence-corrected chi connectivity index (χ1v) is 11.1. The average molecular weight is 422 g/mol. The molecule has 1 heterocycles. The molecule has 1 N–H and O–H groups in total. The molecule has 5 rings (SSSR count). The van der Waals surface area contributed by atoms with E-state index in [-0.39, 0.29) is 11.2 Å². The number of fused-ring (bicyclic) bond motifs is 1. The van der Waals surface area contributed by atoms with E-state index in [0.717, 1.165) is 45.8 Å². The highest BCUT2D eigenvalue weighted by Gasteiger charge is 2.39. The van der Waals surface area contributed by atoms with Crippen LogP contribution in [0, 0.1) is 5.41 Å². The first kappa shape index (κ1) is 20.3. The fraction of sp³-hybridized carbons (Fsp3) is 0.207. The largest absolute Gasteiger partial charge is 0.480 e. The molecule has 3 nitrogen and oxygen atoms in total. The van der Waals surface area contributed by atoms with Crippen LogP contribution in [-0.4, -0.2) is 5.78 Å². The highest BCUT2D eigenvalue weighted by molar-refractivity contribution is 6.00. The number of carbonyl (C=O) groups is 1. The number of Topliss-reactive ketones (excluding diaryl/α,β-unsaturated/α-hetero) is 1. The number of hydrogen-bond acceptors (Lipinski definition) is 3. The van der Waals surface area contributed by atoms with Gasteiger partial charge < -0.3 is 10.1 Å². The van der Waals surface area contributed by atoms with Crippen molar-refractivity contribution in [1.29, 1.82) is 0 Å². The van der Waals surface area contributed by atoms with Crippen molar-refractivity contribution in [2.24, 2.45) is 5.41 Å². The molecule has 0 saturated carbocycles. The molecule has 0 aromatic heterocycles. The van der Waals surface area contributed by atoms with Crippen LogP contribution in [0.3, 0.4) is 0 Å². The van der Waals surface area contributed by atoms with Crippen molar-refractivity contribution in [3.05, 3.63) is 113 Å². The van der Waals surface area contributed by atoms with Crippen molar-refractivity contribution in [3.63, 3.8) is 0 Å². The molecule has 3 heteroatoms. The molecule has 0 amide bonds. The van der Waals surface area contributed by atoms with Crippen LogP contribution in [0.5, 0.6) is 0 Å². The number of ether oxygens (including phenoxy) is 1. The lowest BCUT2D eigenvalue weighted by molar-refractivity contribution is -0.119. The Balaban J connectivity index is 1.64. The fourth-order valence-electron chi connectivity index (χ4n) is 4.66. The smallest absolute Gasteiger partial charge is 0.165 e. The number of benzene rings is 3. The summed E-state index contributed by atoms with van der Waals surface area (Å²) in [6.45, 7) is 4.30. The summed E-state index contributed by atoms with van der Waals surface area (Å²) >= 11 is 0. The Morgan fingerprint density at radius 3 is 2.25 bits per heavy atom. The van der Waals surface area contributed by atoms with Gasteiger partial charge in [-0.1, -0.05) is 86.6 Å². The predicted octanol–water partition coefficient (Wildman–Crippen LogP) is 7.01. The second-order valence-electron chi connectivity index (χ2n) is 9.33. The zero-order valence-electron chi connectivity index (χ0n) is 18.5. The highest BCUT2D eigenvalue weighted by atomic mass is 16.5. The third-order valence-electron chi connectivity index (χ3n) is 6.12. The van der Waals surface area contributed by atoms with Crippen molar-refractivity contribution < 1.29 is 9.53 Å². The maximum atomic E-state index is 13.6. The highest BCUT2D eigenvalue weighted by Crippen LogP contribution is 2.46. The predicted molar refractivity (Wildman–Crippen MR) is 130 cm³/mol. The van der Waals surface area contributed by atoms with E-state index in [1.807, 2.05) is 72.8 Å². The van der Waals surface area contributed by atoms with E-state index in [1.165, 1.54) is 0 Å². The number of hydrogen-bond donors (Lipinski definition) is 1. The zero-order chi connectivity index (χ0) is 22.1. The van der Waals surface area contributed by atoms with Crippen molar-refractivity contribution in [3.8, 4) is 0 Å². The molecule has 1 aliphatic heterocycles. The molecule has 0 spiro atoms. The third kappa shape index (κ3) is 3.99. The Morgan fingerprint density at radius 1 is 0.844 bits per heavy atom. The Bertz CT molecular complexity index is 1210. The van der Waals surface area contributed by atoms with Crippen molar-refractivity contribution >= 4 is 23.3 Å². The Labute approximate surface area is 189 Å². The van der Waals surface area contributed by atoms with Gasteiger partial charge in [0.2, 0.25) is 0 Å². The maximum absolute atomic E-state index is 13.6. The lowest BCUT2D eigenvalue weighted by atomic mass is 9.73. The molecule has 32 heavy (non-hydrogen) atoms. The molecule has 160 valence electrons. The van der Waals surface area contributed by atoms with E-state index in [0.29, 0.717) is 6.42 Å². The van der Waals surface area contributed by atoms with E-state index in [4.69, 9.17) is 4.74 Å². The Hall–Kier alpha value is -3.59. The van der Waals surface area contributed by atoms with E-state index in [1.54, 1.807) is 0 Å². The van der Waals surface area contributed by atoms with E-state index < -0.39 is 6.10 Å². The van der Waals surface area contributed by atoms with Crippen LogP contribution in [-0.2, 0) is 9.53 Å². The third-order valence-corrected chi connectivity index (χ3v) is 6.12. The lowest BCUT2D eigenvalue weighted by Gasteiger charge is -2.37. The number of carbonyl (C=O) groups excluding carboxylic acids is 1. The molecule has 1 unspecified atom stereocenters. The van der Waals surface area contributed by atoms with Gasteiger partial charge in [0.05, 0.1) is 5.57 Å². The molecule has 0 fully saturated rings. The van der Waals surface area contributed by atoms with Gasteiger partial charge in [-0.3, -0.25) is 4.79 Å². The summed E-state index contributed by atoms with van der Waals surface area (Å²) in [6, 6.07) is 28.3. The minimum absolute atomic E-state index is 0.107. The van der Waals surface area contributed by atoms with Gasteiger partial charge in [-0.25, -0.2) is 0 Å². The van der Waals surface area contributed by atoms with E-state index >= 15 is 0 Å². The maximum Gasteiger partial charge on any atom is 0.165 e. The number of rotatable bonds is 4. The number of anilines is 1.